The van der Waals surface area contributed by atoms with E-state index in [1.165, 1.54) is 20.3 Å². The summed E-state index contributed by atoms with van der Waals surface area (Å²) in [7, 11) is 4.99. The first-order chi connectivity index (χ1) is 11.9. The number of β-amino-alcohol motifs (C(OH)–C–C–N with tert-alkyl or cyclic N) is 1. The van der Waals surface area contributed by atoms with Crippen molar-refractivity contribution in [2.24, 2.45) is 5.41 Å². The Labute approximate surface area is 147 Å². The second-order valence-electron chi connectivity index (χ2n) is 7.13. The lowest BCUT2D eigenvalue weighted by Gasteiger charge is -2.48. The van der Waals surface area contributed by atoms with E-state index in [2.05, 4.69) is 14.9 Å². The third-order valence-electron chi connectivity index (χ3n) is 5.20. The van der Waals surface area contributed by atoms with Crippen LogP contribution in [0.4, 0.5) is 0 Å². The average molecular weight is 350 g/mol. The summed E-state index contributed by atoms with van der Waals surface area (Å²) in [5, 5.41) is 10.1. The van der Waals surface area contributed by atoms with E-state index in [-0.39, 0.29) is 29.1 Å². The van der Waals surface area contributed by atoms with E-state index in [0.717, 1.165) is 32.4 Å². The van der Waals surface area contributed by atoms with Crippen molar-refractivity contribution in [1.82, 2.24) is 19.8 Å². The van der Waals surface area contributed by atoms with E-state index in [1.807, 2.05) is 11.9 Å². The molecule has 1 aromatic heterocycles. The molecule has 138 valence electrons. The number of amides is 1. The summed E-state index contributed by atoms with van der Waals surface area (Å²) in [5.41, 5.74) is 0.380. The van der Waals surface area contributed by atoms with Gasteiger partial charge in [0.2, 0.25) is 5.88 Å². The zero-order valence-electron chi connectivity index (χ0n) is 15.1. The highest BCUT2D eigenvalue weighted by Gasteiger charge is 2.41. The van der Waals surface area contributed by atoms with Gasteiger partial charge >= 0.3 is 6.01 Å². The van der Waals surface area contributed by atoms with Gasteiger partial charge in [-0.05, 0) is 31.7 Å². The second-order valence-corrected chi connectivity index (χ2v) is 7.13. The van der Waals surface area contributed by atoms with Crippen LogP contribution >= 0.6 is 0 Å². The molecule has 25 heavy (non-hydrogen) atoms. The molecule has 0 radical (unpaired) electrons. The first-order valence-corrected chi connectivity index (χ1v) is 8.58. The van der Waals surface area contributed by atoms with Crippen LogP contribution < -0.4 is 9.47 Å². The summed E-state index contributed by atoms with van der Waals surface area (Å²) in [6, 6.07) is 1.65. The highest BCUT2D eigenvalue weighted by molar-refractivity contribution is 5.92. The number of hydrogen-bond acceptors (Lipinski definition) is 7. The molecule has 2 aliphatic rings. The SMILES string of the molecule is COc1cc(C(=O)N2CCC3(CC2)CC(O)CN(C)C3)nc(OC)n1. The predicted molar refractivity (Wildman–Crippen MR) is 90.8 cm³/mol. The first-order valence-electron chi connectivity index (χ1n) is 8.58. The summed E-state index contributed by atoms with van der Waals surface area (Å²) in [6.45, 7) is 3.02. The maximum Gasteiger partial charge on any atom is 0.320 e. The van der Waals surface area contributed by atoms with Crippen LogP contribution in [0.5, 0.6) is 11.9 Å². The van der Waals surface area contributed by atoms with E-state index < -0.39 is 0 Å². The molecule has 2 saturated heterocycles. The lowest BCUT2D eigenvalue weighted by molar-refractivity contribution is -0.0287. The molecule has 8 heteroatoms. The highest BCUT2D eigenvalue weighted by Crippen LogP contribution is 2.39. The topological polar surface area (TPSA) is 88.0 Å². The third-order valence-corrected chi connectivity index (χ3v) is 5.20. The number of aromatic nitrogens is 2. The Morgan fingerprint density at radius 1 is 1.28 bits per heavy atom. The zero-order valence-corrected chi connectivity index (χ0v) is 15.1. The molecule has 0 aliphatic carbocycles. The molecule has 1 spiro atoms. The maximum atomic E-state index is 12.8. The number of aliphatic hydroxyl groups is 1. The fraction of sp³-hybridized carbons (Fsp3) is 0.706. The molecule has 1 amide bonds. The van der Waals surface area contributed by atoms with E-state index >= 15 is 0 Å². The summed E-state index contributed by atoms with van der Waals surface area (Å²) < 4.78 is 10.2. The lowest BCUT2D eigenvalue weighted by atomic mass is 9.71. The second kappa shape index (κ2) is 7.13. The minimum atomic E-state index is -0.281. The fourth-order valence-electron chi connectivity index (χ4n) is 4.04. The standard InChI is InChI=1S/C17H26N4O4/c1-20-10-12(22)9-17(11-20)4-6-21(7-5-17)15(23)13-8-14(24-2)19-16(18-13)25-3/h8,12,22H,4-7,9-11H2,1-3H3. The Kier molecular flexibility index (Phi) is 5.10. The van der Waals surface area contributed by atoms with Crippen molar-refractivity contribution >= 4 is 5.91 Å². The number of nitrogens with zero attached hydrogens (tertiary/aromatic N) is 4. The van der Waals surface area contributed by atoms with Crippen LogP contribution in [0.15, 0.2) is 6.07 Å². The summed E-state index contributed by atoms with van der Waals surface area (Å²) in [4.78, 5) is 25.0. The molecule has 2 aliphatic heterocycles. The number of ether oxygens (including phenoxy) is 2. The maximum absolute atomic E-state index is 12.8. The number of piperidine rings is 2. The van der Waals surface area contributed by atoms with E-state index in [4.69, 9.17) is 9.47 Å². The van der Waals surface area contributed by atoms with Crippen molar-refractivity contribution in [3.8, 4) is 11.9 Å². The van der Waals surface area contributed by atoms with Crippen molar-refractivity contribution < 1.29 is 19.4 Å². The molecular formula is C17H26N4O4. The van der Waals surface area contributed by atoms with Gasteiger partial charge in [0.25, 0.3) is 5.91 Å². The van der Waals surface area contributed by atoms with Gasteiger partial charge in [-0.15, -0.1) is 0 Å². The number of rotatable bonds is 3. The lowest BCUT2D eigenvalue weighted by Crippen LogP contribution is -2.53. The van der Waals surface area contributed by atoms with Crippen molar-refractivity contribution in [2.45, 2.75) is 25.4 Å². The Balaban J connectivity index is 1.69. The Morgan fingerprint density at radius 3 is 2.60 bits per heavy atom. The molecule has 8 nitrogen and oxygen atoms in total. The van der Waals surface area contributed by atoms with Crippen LogP contribution in [0.2, 0.25) is 0 Å². The number of likely N-dealkylation sites (N-methyl/N-ethyl adjacent to an activating group) is 1. The van der Waals surface area contributed by atoms with E-state index in [0.29, 0.717) is 19.0 Å². The van der Waals surface area contributed by atoms with Crippen LogP contribution in [0.1, 0.15) is 29.8 Å². The van der Waals surface area contributed by atoms with Crippen molar-refractivity contribution in [3.63, 3.8) is 0 Å². The van der Waals surface area contributed by atoms with Gasteiger partial charge in [-0.1, -0.05) is 0 Å². The molecule has 0 saturated carbocycles. The molecule has 1 atom stereocenters. The van der Waals surface area contributed by atoms with E-state index in [9.17, 15) is 9.90 Å². The molecule has 0 bridgehead atoms. The van der Waals surface area contributed by atoms with Gasteiger partial charge in [0.15, 0.2) is 0 Å². The molecular weight excluding hydrogens is 324 g/mol. The molecule has 1 N–H and O–H groups in total. The number of aliphatic hydroxyl groups excluding tert-OH is 1. The molecule has 0 aromatic carbocycles. The van der Waals surface area contributed by atoms with Gasteiger partial charge in [-0.2, -0.15) is 9.97 Å². The van der Waals surface area contributed by atoms with Crippen LogP contribution in [0.3, 0.4) is 0 Å². The third kappa shape index (κ3) is 3.85. The average Bonchev–Trinajstić information content (AvgIpc) is 2.60. The summed E-state index contributed by atoms with van der Waals surface area (Å²) in [5.74, 6) is 0.166. The Bertz CT molecular complexity index is 597. The van der Waals surface area contributed by atoms with Crippen LogP contribution in [0, 0.1) is 5.41 Å². The van der Waals surface area contributed by atoms with Crippen molar-refractivity contribution in [2.75, 3.05) is 47.4 Å². The van der Waals surface area contributed by atoms with Gasteiger partial charge in [-0.3, -0.25) is 4.79 Å². The minimum absolute atomic E-state index is 0.101. The van der Waals surface area contributed by atoms with Crippen molar-refractivity contribution in [1.29, 1.82) is 0 Å². The fourth-order valence-corrected chi connectivity index (χ4v) is 4.04. The number of carbonyl (C=O) groups excluding carboxylic acids is 1. The summed E-state index contributed by atoms with van der Waals surface area (Å²) >= 11 is 0. The Hall–Kier alpha value is -1.93. The van der Waals surface area contributed by atoms with Gasteiger partial charge < -0.3 is 24.4 Å². The predicted octanol–water partition coefficient (Wildman–Crippen LogP) is 0.413. The van der Waals surface area contributed by atoms with E-state index in [1.54, 1.807) is 0 Å². The number of methoxy groups -OCH3 is 2. The quantitative estimate of drug-likeness (QED) is 0.845. The van der Waals surface area contributed by atoms with Crippen LogP contribution in [0.25, 0.3) is 0 Å². The summed E-state index contributed by atoms with van der Waals surface area (Å²) in [6.07, 6.45) is 2.31. The molecule has 1 unspecified atom stereocenters. The molecule has 2 fully saturated rings. The smallest absolute Gasteiger partial charge is 0.320 e. The minimum Gasteiger partial charge on any atom is -0.481 e. The zero-order chi connectivity index (χ0) is 18.0. The number of likely N-dealkylation sites (tertiary alicyclic amines) is 2. The normalized spacial score (nSPS) is 23.5. The first kappa shape index (κ1) is 17.9. The highest BCUT2D eigenvalue weighted by atomic mass is 16.5. The van der Waals surface area contributed by atoms with Gasteiger partial charge in [0.05, 0.1) is 20.3 Å². The van der Waals surface area contributed by atoms with Crippen molar-refractivity contribution in [3.05, 3.63) is 11.8 Å². The van der Waals surface area contributed by atoms with Gasteiger partial charge in [0, 0.05) is 32.2 Å². The monoisotopic (exact) mass is 350 g/mol. The van der Waals surface area contributed by atoms with Gasteiger partial charge in [0.1, 0.15) is 5.69 Å². The van der Waals surface area contributed by atoms with Crippen LogP contribution in [-0.4, -0.2) is 84.3 Å². The molecule has 3 rings (SSSR count). The van der Waals surface area contributed by atoms with Crippen LogP contribution in [-0.2, 0) is 0 Å². The number of carbonyl (C=O) groups is 1. The van der Waals surface area contributed by atoms with Gasteiger partial charge in [-0.25, -0.2) is 0 Å². The Morgan fingerprint density at radius 2 is 2.00 bits per heavy atom. The molecule has 1 aromatic rings. The number of hydrogen-bond donors (Lipinski definition) is 1. The largest absolute Gasteiger partial charge is 0.481 e. The molecule has 3 heterocycles.